The minimum absolute atomic E-state index is 0.512. The van der Waals surface area contributed by atoms with Gasteiger partial charge in [0.15, 0.2) is 0 Å². The molecule has 0 amide bonds. The summed E-state index contributed by atoms with van der Waals surface area (Å²) in [7, 11) is 0. The van der Waals surface area contributed by atoms with Gasteiger partial charge in [-0.15, -0.1) is 0 Å². The zero-order valence-corrected chi connectivity index (χ0v) is 6.29. The van der Waals surface area contributed by atoms with Gasteiger partial charge in [-0.1, -0.05) is 31.9 Å². The molecule has 1 rings (SSSR count). The summed E-state index contributed by atoms with van der Waals surface area (Å²) >= 11 is 6.78. The maximum absolute atomic E-state index is 3.42. The molecule has 0 saturated carbocycles. The van der Waals surface area contributed by atoms with Crippen molar-refractivity contribution in [3.63, 3.8) is 0 Å². The van der Waals surface area contributed by atoms with E-state index in [0.29, 0.717) is 9.78 Å². The third kappa shape index (κ3) is 0.768. The van der Waals surface area contributed by atoms with Crippen LogP contribution in [0.25, 0.3) is 0 Å². The van der Waals surface area contributed by atoms with E-state index in [9.17, 15) is 0 Å². The second-order valence-corrected chi connectivity index (χ2v) is 3.49. The number of rotatable bonds is 0. The van der Waals surface area contributed by atoms with Gasteiger partial charge >= 0.3 is 0 Å². The Morgan fingerprint density at radius 1 is 1.50 bits per heavy atom. The monoisotopic (exact) mass is 213 g/mol. The summed E-state index contributed by atoms with van der Waals surface area (Å²) in [4.78, 5) is 1.16. The van der Waals surface area contributed by atoms with Crippen LogP contribution in [0.15, 0.2) is 0 Å². The molecule has 0 aliphatic carbocycles. The van der Waals surface area contributed by atoms with E-state index in [1.165, 1.54) is 0 Å². The predicted octanol–water partition coefficient (Wildman–Crippen LogP) is 1.07. The van der Waals surface area contributed by atoms with Crippen LogP contribution in [-0.4, -0.2) is 16.3 Å². The lowest BCUT2D eigenvalue weighted by Crippen LogP contribution is -2.49. The van der Waals surface area contributed by atoms with Gasteiger partial charge in [-0.25, -0.2) is 0 Å². The first kappa shape index (κ1) is 5.06. The molecule has 1 heterocycles. The average molecular weight is 215 g/mol. The Bertz CT molecular complexity index is 48.8. The molecule has 1 fully saturated rings. The Morgan fingerprint density at radius 3 is 2.00 bits per heavy atom. The smallest absolute Gasteiger partial charge is 0.0770 e. The molecule has 1 aliphatic heterocycles. The standard InChI is InChI=1S/C3H5Br2N/c4-2-1-6-3(2)5/h2-3,6H,1H2/t2?,3-/m0/s1. The molecule has 0 spiro atoms. The van der Waals surface area contributed by atoms with E-state index in [1.54, 1.807) is 0 Å². The maximum atomic E-state index is 3.42. The van der Waals surface area contributed by atoms with Crippen LogP contribution in [0.4, 0.5) is 0 Å². The van der Waals surface area contributed by atoms with Crippen molar-refractivity contribution >= 4 is 31.9 Å². The quantitative estimate of drug-likeness (QED) is 0.470. The second kappa shape index (κ2) is 1.80. The lowest BCUT2D eigenvalue weighted by Gasteiger charge is -2.28. The van der Waals surface area contributed by atoms with E-state index < -0.39 is 0 Å². The van der Waals surface area contributed by atoms with Crippen molar-refractivity contribution in [2.45, 2.75) is 9.78 Å². The van der Waals surface area contributed by atoms with Crippen molar-refractivity contribution in [3.8, 4) is 0 Å². The van der Waals surface area contributed by atoms with E-state index in [2.05, 4.69) is 37.2 Å². The zero-order valence-electron chi connectivity index (χ0n) is 3.12. The highest BCUT2D eigenvalue weighted by Crippen LogP contribution is 2.17. The van der Waals surface area contributed by atoms with Crippen molar-refractivity contribution in [2.24, 2.45) is 0 Å². The van der Waals surface area contributed by atoms with Gasteiger partial charge in [0.2, 0.25) is 0 Å². The summed E-state index contributed by atoms with van der Waals surface area (Å²) in [5, 5.41) is 3.13. The highest BCUT2D eigenvalue weighted by atomic mass is 79.9. The van der Waals surface area contributed by atoms with Gasteiger partial charge in [0, 0.05) is 6.54 Å². The Balaban J connectivity index is 2.20. The number of halogens is 2. The molecule has 0 radical (unpaired) electrons. The lowest BCUT2D eigenvalue weighted by molar-refractivity contribution is 0.518. The molecule has 2 atom stereocenters. The summed E-state index contributed by atoms with van der Waals surface area (Å²) in [6.07, 6.45) is 0. The maximum Gasteiger partial charge on any atom is 0.0770 e. The third-order valence-corrected chi connectivity index (χ3v) is 3.35. The van der Waals surface area contributed by atoms with Gasteiger partial charge in [0.25, 0.3) is 0 Å². The first-order valence-electron chi connectivity index (χ1n) is 1.82. The fraction of sp³-hybridized carbons (Fsp3) is 1.00. The Hall–Kier alpha value is 0.920. The van der Waals surface area contributed by atoms with Crippen molar-refractivity contribution in [1.82, 2.24) is 5.32 Å². The van der Waals surface area contributed by atoms with Gasteiger partial charge in [0.1, 0.15) is 0 Å². The molecule has 36 valence electrons. The van der Waals surface area contributed by atoms with E-state index in [1.807, 2.05) is 0 Å². The molecule has 0 aromatic rings. The van der Waals surface area contributed by atoms with Crippen LogP contribution in [-0.2, 0) is 0 Å². The first-order valence-corrected chi connectivity index (χ1v) is 3.65. The summed E-state index contributed by atoms with van der Waals surface area (Å²) in [5.74, 6) is 0. The second-order valence-electron chi connectivity index (χ2n) is 1.33. The summed E-state index contributed by atoms with van der Waals surface area (Å²) < 4.78 is 0. The van der Waals surface area contributed by atoms with Crippen LogP contribution >= 0.6 is 31.9 Å². The van der Waals surface area contributed by atoms with Gasteiger partial charge in [-0.3, -0.25) is 0 Å². The largest absolute Gasteiger partial charge is 0.303 e. The lowest BCUT2D eigenvalue weighted by atomic mass is 10.3. The molecule has 3 heteroatoms. The van der Waals surface area contributed by atoms with Crippen LogP contribution in [0.3, 0.4) is 0 Å². The average Bonchev–Trinajstić information content (AvgIpc) is 1.61. The zero-order chi connectivity index (χ0) is 4.57. The Labute approximate surface area is 53.7 Å². The molecule has 1 saturated heterocycles. The molecule has 1 unspecified atom stereocenters. The molecule has 6 heavy (non-hydrogen) atoms. The van der Waals surface area contributed by atoms with E-state index >= 15 is 0 Å². The van der Waals surface area contributed by atoms with Gasteiger partial charge in [0.05, 0.1) is 9.78 Å². The molecular formula is C3H5Br2N. The Kier molecular flexibility index (Phi) is 1.52. The van der Waals surface area contributed by atoms with E-state index in [0.717, 1.165) is 6.54 Å². The minimum atomic E-state index is 0.512. The van der Waals surface area contributed by atoms with Crippen LogP contribution in [0, 0.1) is 0 Å². The number of nitrogens with one attached hydrogen (secondary N) is 1. The van der Waals surface area contributed by atoms with Gasteiger partial charge in [-0.05, 0) is 0 Å². The first-order chi connectivity index (χ1) is 2.80. The van der Waals surface area contributed by atoms with E-state index in [4.69, 9.17) is 0 Å². The normalized spacial score (nSPS) is 45.0. The van der Waals surface area contributed by atoms with Crippen molar-refractivity contribution < 1.29 is 0 Å². The topological polar surface area (TPSA) is 12.0 Å². The predicted molar refractivity (Wildman–Crippen MR) is 33.4 cm³/mol. The fourth-order valence-electron chi connectivity index (χ4n) is 0.296. The summed E-state index contributed by atoms with van der Waals surface area (Å²) in [5.41, 5.74) is 0. The minimum Gasteiger partial charge on any atom is -0.303 e. The number of hydrogen-bond acceptors (Lipinski definition) is 1. The summed E-state index contributed by atoms with van der Waals surface area (Å²) in [6.45, 7) is 1.09. The van der Waals surface area contributed by atoms with E-state index in [-0.39, 0.29) is 0 Å². The van der Waals surface area contributed by atoms with Crippen LogP contribution in [0.1, 0.15) is 0 Å². The third-order valence-electron chi connectivity index (χ3n) is 0.825. The highest BCUT2D eigenvalue weighted by molar-refractivity contribution is 9.12. The van der Waals surface area contributed by atoms with Crippen LogP contribution < -0.4 is 5.32 Å². The van der Waals surface area contributed by atoms with Crippen LogP contribution in [0.5, 0.6) is 0 Å². The summed E-state index contributed by atoms with van der Waals surface area (Å²) in [6, 6.07) is 0. The molecule has 1 aliphatic rings. The SMILES string of the molecule is BrC1CN[C@@H]1Br. The number of alkyl halides is 2. The molecule has 1 N–H and O–H groups in total. The van der Waals surface area contributed by atoms with Crippen molar-refractivity contribution in [3.05, 3.63) is 0 Å². The van der Waals surface area contributed by atoms with Gasteiger partial charge < -0.3 is 5.32 Å². The fourth-order valence-corrected chi connectivity index (χ4v) is 1.04. The molecule has 1 nitrogen and oxygen atoms in total. The van der Waals surface area contributed by atoms with Crippen LogP contribution in [0.2, 0.25) is 0 Å². The number of hydrogen-bond donors (Lipinski definition) is 1. The molecule has 0 aromatic heterocycles. The van der Waals surface area contributed by atoms with Crippen molar-refractivity contribution in [2.75, 3.05) is 6.54 Å². The molecule has 0 aromatic carbocycles. The molecule has 0 bridgehead atoms. The van der Waals surface area contributed by atoms with Gasteiger partial charge in [-0.2, -0.15) is 0 Å². The highest BCUT2D eigenvalue weighted by Gasteiger charge is 2.23. The molecular weight excluding hydrogens is 210 g/mol. The van der Waals surface area contributed by atoms with Crippen molar-refractivity contribution in [1.29, 1.82) is 0 Å². The Morgan fingerprint density at radius 2 is 2.00 bits per heavy atom.